The Balaban J connectivity index is 1.15. The Kier molecular flexibility index (Phi) is 9.00. The van der Waals surface area contributed by atoms with Crippen molar-refractivity contribution in [1.82, 2.24) is 19.5 Å². The fourth-order valence-corrected chi connectivity index (χ4v) is 10.7. The molecule has 1 aliphatic heterocycles. The lowest BCUT2D eigenvalue weighted by Gasteiger charge is -2.47. The Morgan fingerprint density at radius 3 is 1.54 bits per heavy atom. The molecular formula is C62H41N5. The molecule has 0 fully saturated rings. The summed E-state index contributed by atoms with van der Waals surface area (Å²) in [5.74, 6) is 1.89. The normalized spacial score (nSPS) is 14.3. The van der Waals surface area contributed by atoms with E-state index in [0.29, 0.717) is 17.5 Å². The Morgan fingerprint density at radius 2 is 0.836 bits per heavy atom. The minimum Gasteiger partial charge on any atom is -0.310 e. The van der Waals surface area contributed by atoms with Crippen molar-refractivity contribution in [3.05, 3.63) is 271 Å². The zero-order valence-electron chi connectivity index (χ0n) is 36.4. The fourth-order valence-electron chi connectivity index (χ4n) is 10.7. The van der Waals surface area contributed by atoms with Gasteiger partial charge >= 0.3 is 0 Å². The molecule has 1 unspecified atom stereocenters. The van der Waals surface area contributed by atoms with E-state index in [9.17, 15) is 0 Å². The molecule has 0 amide bonds. The largest absolute Gasteiger partial charge is 0.310 e. The second-order valence-corrected chi connectivity index (χ2v) is 17.1. The standard InChI is InChI=1S/C62H41N5/c1-6-22-42(23-7-1)59-63-60(43-24-8-2-9-25-43)65-61(64-59)50-35-20-34-48-47(50)33-21-37-52(48)62(44-26-10-3-11-27-44)53-36-17-19-39-56(53)67(46-30-14-5-15-31-46)58-41-57-51(40-54(58)62)49-32-16-18-38-55(49)66(57)45-28-12-4-13-29-45/h1-41H. The van der Waals surface area contributed by atoms with Crippen LogP contribution in [0.15, 0.2) is 249 Å². The van der Waals surface area contributed by atoms with Crippen LogP contribution in [0.25, 0.3) is 72.4 Å². The summed E-state index contributed by atoms with van der Waals surface area (Å²) in [5.41, 5.74) is 13.5. The van der Waals surface area contributed by atoms with Crippen LogP contribution in [0.5, 0.6) is 0 Å². The quantitative estimate of drug-likeness (QED) is 0.160. The molecule has 0 saturated carbocycles. The van der Waals surface area contributed by atoms with Crippen LogP contribution in [-0.4, -0.2) is 19.5 Å². The molecular weight excluding hydrogens is 815 g/mol. The van der Waals surface area contributed by atoms with E-state index in [2.05, 4.69) is 222 Å². The summed E-state index contributed by atoms with van der Waals surface area (Å²) in [7, 11) is 0. The first-order chi connectivity index (χ1) is 33.3. The van der Waals surface area contributed by atoms with Gasteiger partial charge in [0.15, 0.2) is 17.5 Å². The molecule has 3 heterocycles. The highest BCUT2D eigenvalue weighted by Crippen LogP contribution is 2.60. The molecule has 2 aromatic heterocycles. The molecule has 13 rings (SSSR count). The zero-order valence-corrected chi connectivity index (χ0v) is 36.4. The van der Waals surface area contributed by atoms with Crippen molar-refractivity contribution in [2.24, 2.45) is 0 Å². The van der Waals surface area contributed by atoms with Crippen molar-refractivity contribution in [2.45, 2.75) is 5.41 Å². The van der Waals surface area contributed by atoms with Crippen molar-refractivity contribution in [3.63, 3.8) is 0 Å². The summed E-state index contributed by atoms with van der Waals surface area (Å²) in [6.07, 6.45) is 0. The first-order valence-electron chi connectivity index (χ1n) is 22.8. The van der Waals surface area contributed by atoms with Crippen LogP contribution in [0.3, 0.4) is 0 Å². The number of aromatic nitrogens is 4. The van der Waals surface area contributed by atoms with Crippen molar-refractivity contribution in [2.75, 3.05) is 4.90 Å². The third-order valence-electron chi connectivity index (χ3n) is 13.5. The monoisotopic (exact) mass is 855 g/mol. The molecule has 0 saturated heterocycles. The number of hydrogen-bond acceptors (Lipinski definition) is 4. The molecule has 0 aliphatic carbocycles. The molecule has 0 bridgehead atoms. The molecule has 67 heavy (non-hydrogen) atoms. The molecule has 5 nitrogen and oxygen atoms in total. The number of fused-ring (bicyclic) bond motifs is 6. The minimum absolute atomic E-state index is 0.624. The highest BCUT2D eigenvalue weighted by molar-refractivity contribution is 6.12. The van der Waals surface area contributed by atoms with E-state index < -0.39 is 5.41 Å². The van der Waals surface area contributed by atoms with E-state index in [-0.39, 0.29) is 0 Å². The maximum Gasteiger partial charge on any atom is 0.164 e. The van der Waals surface area contributed by atoms with Crippen LogP contribution < -0.4 is 4.90 Å². The number of hydrogen-bond donors (Lipinski definition) is 0. The smallest absolute Gasteiger partial charge is 0.164 e. The Hall–Kier alpha value is -8.93. The third kappa shape index (κ3) is 6.05. The first kappa shape index (κ1) is 38.5. The molecule has 0 N–H and O–H groups in total. The second kappa shape index (κ2) is 15.7. The fraction of sp³-hybridized carbons (Fsp3) is 0.0161. The summed E-state index contributed by atoms with van der Waals surface area (Å²) < 4.78 is 2.42. The SMILES string of the molecule is c1ccc(-c2nc(-c3ccccc3)nc(-c3cccc4c(C5(c6ccccc6)c6ccccc6N(c6ccccc6)c6cc7c(cc65)c5ccccc5n7-c5ccccc5)cccc34)n2)cc1. The number of nitrogens with zero attached hydrogens (tertiary/aromatic N) is 5. The van der Waals surface area contributed by atoms with Crippen LogP contribution in [0.4, 0.5) is 17.1 Å². The van der Waals surface area contributed by atoms with Gasteiger partial charge in [-0.05, 0) is 81.6 Å². The van der Waals surface area contributed by atoms with Crippen molar-refractivity contribution < 1.29 is 0 Å². The summed E-state index contributed by atoms with van der Waals surface area (Å²) in [6, 6.07) is 89.2. The summed E-state index contributed by atoms with van der Waals surface area (Å²) in [5, 5.41) is 4.58. The van der Waals surface area contributed by atoms with E-state index in [1.54, 1.807) is 0 Å². The van der Waals surface area contributed by atoms with E-state index in [0.717, 1.165) is 61.2 Å². The van der Waals surface area contributed by atoms with Crippen molar-refractivity contribution in [1.29, 1.82) is 0 Å². The lowest BCUT2D eigenvalue weighted by Crippen LogP contribution is -2.38. The van der Waals surface area contributed by atoms with Crippen LogP contribution in [0.1, 0.15) is 22.3 Å². The van der Waals surface area contributed by atoms with Crippen LogP contribution in [0.2, 0.25) is 0 Å². The highest BCUT2D eigenvalue weighted by atomic mass is 15.2. The van der Waals surface area contributed by atoms with Gasteiger partial charge in [-0.25, -0.2) is 15.0 Å². The first-order valence-corrected chi connectivity index (χ1v) is 22.8. The number of rotatable bonds is 7. The van der Waals surface area contributed by atoms with Gasteiger partial charge in [0, 0.05) is 38.8 Å². The van der Waals surface area contributed by atoms with Crippen molar-refractivity contribution in [3.8, 4) is 39.9 Å². The van der Waals surface area contributed by atoms with Crippen LogP contribution in [0, 0.1) is 0 Å². The van der Waals surface area contributed by atoms with E-state index in [1.807, 2.05) is 36.4 Å². The van der Waals surface area contributed by atoms with E-state index in [4.69, 9.17) is 15.0 Å². The second-order valence-electron chi connectivity index (χ2n) is 17.1. The lowest BCUT2D eigenvalue weighted by molar-refractivity contribution is 0.739. The predicted molar refractivity (Wildman–Crippen MR) is 275 cm³/mol. The summed E-state index contributed by atoms with van der Waals surface area (Å²) in [6.45, 7) is 0. The highest BCUT2D eigenvalue weighted by Gasteiger charge is 2.48. The van der Waals surface area contributed by atoms with Gasteiger partial charge in [-0.2, -0.15) is 0 Å². The molecule has 1 aliphatic rings. The Bertz CT molecular complexity index is 3740. The predicted octanol–water partition coefficient (Wildman–Crippen LogP) is 15.3. The van der Waals surface area contributed by atoms with Gasteiger partial charge < -0.3 is 9.47 Å². The van der Waals surface area contributed by atoms with Gasteiger partial charge in [0.2, 0.25) is 0 Å². The summed E-state index contributed by atoms with van der Waals surface area (Å²) in [4.78, 5) is 18.0. The van der Waals surface area contributed by atoms with Crippen LogP contribution >= 0.6 is 0 Å². The molecule has 0 radical (unpaired) electrons. The average molecular weight is 856 g/mol. The van der Waals surface area contributed by atoms with Gasteiger partial charge in [0.25, 0.3) is 0 Å². The molecule has 0 spiro atoms. The Morgan fingerprint density at radius 1 is 0.313 bits per heavy atom. The van der Waals surface area contributed by atoms with E-state index in [1.165, 1.54) is 33.0 Å². The molecule has 1 atom stereocenters. The van der Waals surface area contributed by atoms with E-state index >= 15 is 0 Å². The number of benzene rings is 10. The average Bonchev–Trinajstić information content (AvgIpc) is 3.73. The topological polar surface area (TPSA) is 46.8 Å². The molecule has 314 valence electrons. The van der Waals surface area contributed by atoms with Gasteiger partial charge in [-0.15, -0.1) is 0 Å². The van der Waals surface area contributed by atoms with Gasteiger partial charge in [-0.3, -0.25) is 0 Å². The number of anilines is 3. The van der Waals surface area contributed by atoms with Gasteiger partial charge in [-0.1, -0.05) is 200 Å². The van der Waals surface area contributed by atoms with Gasteiger partial charge in [0.1, 0.15) is 0 Å². The maximum absolute atomic E-state index is 5.24. The van der Waals surface area contributed by atoms with Crippen LogP contribution in [-0.2, 0) is 5.41 Å². The molecule has 12 aromatic rings. The van der Waals surface area contributed by atoms with Crippen molar-refractivity contribution >= 4 is 49.6 Å². The summed E-state index contributed by atoms with van der Waals surface area (Å²) >= 11 is 0. The molecule has 10 aromatic carbocycles. The maximum atomic E-state index is 5.24. The third-order valence-corrected chi connectivity index (χ3v) is 13.5. The number of para-hydroxylation sites is 4. The Labute approximate surface area is 388 Å². The lowest BCUT2D eigenvalue weighted by atomic mass is 9.61. The molecule has 5 heteroatoms. The minimum atomic E-state index is -0.787. The van der Waals surface area contributed by atoms with Gasteiger partial charge in [0.05, 0.1) is 27.8 Å². The zero-order chi connectivity index (χ0) is 44.3.